The van der Waals surface area contributed by atoms with E-state index in [1.54, 1.807) is 0 Å². The van der Waals surface area contributed by atoms with Gasteiger partial charge in [0.05, 0.1) is 5.92 Å². The van der Waals surface area contributed by atoms with E-state index >= 15 is 0 Å². The maximum atomic E-state index is 12.0. The van der Waals surface area contributed by atoms with Gasteiger partial charge in [-0.15, -0.1) is 0 Å². The molecular weight excluding hydrogens is 214 g/mol. The zero-order valence-electron chi connectivity index (χ0n) is 11.1. The molecular formula is C13H25N3O. The van der Waals surface area contributed by atoms with Gasteiger partial charge in [0.2, 0.25) is 5.91 Å². The van der Waals surface area contributed by atoms with Crippen molar-refractivity contribution in [2.45, 2.75) is 37.6 Å². The molecule has 2 aliphatic rings. The number of nitrogens with zero attached hydrogens (tertiary/aromatic N) is 1. The Balaban J connectivity index is 1.78. The molecule has 0 spiro atoms. The fourth-order valence-corrected chi connectivity index (χ4v) is 2.84. The van der Waals surface area contributed by atoms with Crippen molar-refractivity contribution in [3.8, 4) is 0 Å². The molecule has 4 heteroatoms. The Morgan fingerprint density at radius 1 is 1.41 bits per heavy atom. The van der Waals surface area contributed by atoms with Gasteiger partial charge in [-0.25, -0.2) is 0 Å². The van der Waals surface area contributed by atoms with Gasteiger partial charge in [-0.1, -0.05) is 0 Å². The minimum absolute atomic E-state index is 0.183. The maximum absolute atomic E-state index is 12.0. The lowest BCUT2D eigenvalue weighted by molar-refractivity contribution is -0.126. The average molecular weight is 239 g/mol. The van der Waals surface area contributed by atoms with E-state index in [1.807, 2.05) is 0 Å². The second-order valence-corrected chi connectivity index (χ2v) is 5.73. The van der Waals surface area contributed by atoms with Crippen LogP contribution in [0.15, 0.2) is 0 Å². The number of likely N-dealkylation sites (N-methyl/N-ethyl adjacent to an activating group) is 1. The van der Waals surface area contributed by atoms with Crippen LogP contribution in [0.4, 0.5) is 0 Å². The van der Waals surface area contributed by atoms with Crippen molar-refractivity contribution in [2.24, 2.45) is 5.92 Å². The summed E-state index contributed by atoms with van der Waals surface area (Å²) >= 11 is 0. The van der Waals surface area contributed by atoms with Crippen molar-refractivity contribution in [1.29, 1.82) is 0 Å². The molecule has 1 aliphatic carbocycles. The van der Waals surface area contributed by atoms with Gasteiger partial charge in [0.1, 0.15) is 0 Å². The Kier molecular flexibility index (Phi) is 4.05. The summed E-state index contributed by atoms with van der Waals surface area (Å²) in [5.41, 5.74) is 0.234. The standard InChI is InChI=1S/C13H25N3O/c1-16(2)13(6-4-7-13)10-15-12(17)11-5-3-8-14-9-11/h11,14H,3-10H2,1-2H3,(H,15,17)/t11-/m1/s1. The molecule has 1 saturated carbocycles. The third-order valence-electron chi connectivity index (χ3n) is 4.49. The molecule has 2 rings (SSSR count). The van der Waals surface area contributed by atoms with Crippen LogP contribution < -0.4 is 10.6 Å². The van der Waals surface area contributed by atoms with Gasteiger partial charge in [0, 0.05) is 18.6 Å². The lowest BCUT2D eigenvalue weighted by Gasteiger charge is -2.47. The number of rotatable bonds is 4. The molecule has 0 radical (unpaired) electrons. The van der Waals surface area contributed by atoms with Crippen LogP contribution in [-0.2, 0) is 4.79 Å². The molecule has 0 bridgehead atoms. The van der Waals surface area contributed by atoms with E-state index in [0.717, 1.165) is 32.5 Å². The van der Waals surface area contributed by atoms with E-state index in [2.05, 4.69) is 29.6 Å². The number of carbonyl (C=O) groups is 1. The third kappa shape index (κ3) is 2.80. The lowest BCUT2D eigenvalue weighted by Crippen LogP contribution is -2.58. The van der Waals surface area contributed by atoms with E-state index < -0.39 is 0 Å². The van der Waals surface area contributed by atoms with Crippen LogP contribution in [0.25, 0.3) is 0 Å². The summed E-state index contributed by atoms with van der Waals surface area (Å²) in [7, 11) is 4.24. The van der Waals surface area contributed by atoms with Crippen LogP contribution in [-0.4, -0.2) is 50.1 Å². The average Bonchev–Trinajstić information content (AvgIpc) is 2.28. The molecule has 1 heterocycles. The molecule has 4 nitrogen and oxygen atoms in total. The highest BCUT2D eigenvalue weighted by molar-refractivity contribution is 5.79. The summed E-state index contributed by atoms with van der Waals surface area (Å²) < 4.78 is 0. The molecule has 2 N–H and O–H groups in total. The lowest BCUT2D eigenvalue weighted by atomic mass is 9.75. The fraction of sp³-hybridized carbons (Fsp3) is 0.923. The summed E-state index contributed by atoms with van der Waals surface area (Å²) in [4.78, 5) is 14.3. The fourth-order valence-electron chi connectivity index (χ4n) is 2.84. The van der Waals surface area contributed by atoms with Gasteiger partial charge in [0.15, 0.2) is 0 Å². The number of hydrogen-bond donors (Lipinski definition) is 2. The van der Waals surface area contributed by atoms with Crippen LogP contribution in [0.2, 0.25) is 0 Å². The molecule has 0 aromatic carbocycles. The molecule has 1 saturated heterocycles. The minimum atomic E-state index is 0.183. The van der Waals surface area contributed by atoms with Crippen LogP contribution >= 0.6 is 0 Å². The Labute approximate surface area is 104 Å². The normalized spacial score (nSPS) is 27.6. The maximum Gasteiger partial charge on any atom is 0.224 e. The second kappa shape index (κ2) is 5.36. The molecule has 1 amide bonds. The second-order valence-electron chi connectivity index (χ2n) is 5.73. The SMILES string of the molecule is CN(C)C1(CNC(=O)[C@@H]2CCCNC2)CCC1. The molecule has 1 atom stereocenters. The quantitative estimate of drug-likeness (QED) is 0.754. The van der Waals surface area contributed by atoms with Crippen molar-refractivity contribution in [3.05, 3.63) is 0 Å². The van der Waals surface area contributed by atoms with Crippen molar-refractivity contribution in [2.75, 3.05) is 33.7 Å². The molecule has 1 aliphatic heterocycles. The number of hydrogen-bond acceptors (Lipinski definition) is 3. The van der Waals surface area contributed by atoms with Gasteiger partial charge in [-0.2, -0.15) is 0 Å². The van der Waals surface area contributed by atoms with Gasteiger partial charge < -0.3 is 15.5 Å². The highest BCUT2D eigenvalue weighted by Crippen LogP contribution is 2.35. The first-order chi connectivity index (χ1) is 8.14. The number of nitrogens with one attached hydrogen (secondary N) is 2. The summed E-state index contributed by atoms with van der Waals surface area (Å²) in [5.74, 6) is 0.424. The predicted molar refractivity (Wildman–Crippen MR) is 68.9 cm³/mol. The summed E-state index contributed by atoms with van der Waals surface area (Å²) in [6.07, 6.45) is 5.87. The summed E-state index contributed by atoms with van der Waals surface area (Å²) in [5, 5.41) is 6.45. The Morgan fingerprint density at radius 3 is 2.65 bits per heavy atom. The molecule has 0 unspecified atom stereocenters. The monoisotopic (exact) mass is 239 g/mol. The van der Waals surface area contributed by atoms with E-state index in [-0.39, 0.29) is 17.4 Å². The van der Waals surface area contributed by atoms with Crippen molar-refractivity contribution in [3.63, 3.8) is 0 Å². The topological polar surface area (TPSA) is 44.4 Å². The first-order valence-corrected chi connectivity index (χ1v) is 6.80. The minimum Gasteiger partial charge on any atom is -0.354 e. The Morgan fingerprint density at radius 2 is 2.18 bits per heavy atom. The van der Waals surface area contributed by atoms with Crippen molar-refractivity contribution >= 4 is 5.91 Å². The van der Waals surface area contributed by atoms with E-state index in [0.29, 0.717) is 0 Å². The zero-order valence-corrected chi connectivity index (χ0v) is 11.1. The summed E-state index contributed by atoms with van der Waals surface area (Å²) in [6.45, 7) is 2.72. The smallest absolute Gasteiger partial charge is 0.224 e. The van der Waals surface area contributed by atoms with Crippen molar-refractivity contribution < 1.29 is 4.79 Å². The zero-order chi connectivity index (χ0) is 12.3. The Hall–Kier alpha value is -0.610. The van der Waals surface area contributed by atoms with E-state index in [9.17, 15) is 4.79 Å². The molecule has 17 heavy (non-hydrogen) atoms. The van der Waals surface area contributed by atoms with Gasteiger partial charge in [-0.3, -0.25) is 4.79 Å². The highest BCUT2D eigenvalue weighted by atomic mass is 16.1. The van der Waals surface area contributed by atoms with Crippen LogP contribution in [0.1, 0.15) is 32.1 Å². The van der Waals surface area contributed by atoms with E-state index in [1.165, 1.54) is 19.3 Å². The van der Waals surface area contributed by atoms with E-state index in [4.69, 9.17) is 0 Å². The van der Waals surface area contributed by atoms with Crippen molar-refractivity contribution in [1.82, 2.24) is 15.5 Å². The third-order valence-corrected chi connectivity index (χ3v) is 4.49. The number of carbonyl (C=O) groups excluding carboxylic acids is 1. The summed E-state index contributed by atoms with van der Waals surface area (Å²) in [6, 6.07) is 0. The van der Waals surface area contributed by atoms with Gasteiger partial charge >= 0.3 is 0 Å². The molecule has 0 aromatic rings. The molecule has 0 aromatic heterocycles. The van der Waals surface area contributed by atoms with Crippen LogP contribution in [0.5, 0.6) is 0 Å². The highest BCUT2D eigenvalue weighted by Gasteiger charge is 2.39. The predicted octanol–water partition coefficient (Wildman–Crippen LogP) is 0.586. The first kappa shape index (κ1) is 12.8. The molecule has 2 fully saturated rings. The van der Waals surface area contributed by atoms with Crippen LogP contribution in [0.3, 0.4) is 0 Å². The molecule has 98 valence electrons. The first-order valence-electron chi connectivity index (χ1n) is 6.80. The van der Waals surface area contributed by atoms with Crippen LogP contribution in [0, 0.1) is 5.92 Å². The number of piperidine rings is 1. The van der Waals surface area contributed by atoms with Gasteiger partial charge in [-0.05, 0) is 52.7 Å². The number of amides is 1. The Bertz CT molecular complexity index is 268. The van der Waals surface area contributed by atoms with Gasteiger partial charge in [0.25, 0.3) is 0 Å². The largest absolute Gasteiger partial charge is 0.354 e.